The summed E-state index contributed by atoms with van der Waals surface area (Å²) in [5.41, 5.74) is 3.72. The topological polar surface area (TPSA) is 45.3 Å². The number of H-pyrrole nitrogens is 1. The number of amides is 1. The van der Waals surface area contributed by atoms with Gasteiger partial charge in [0.05, 0.1) is 12.1 Å². The number of carbonyl (C=O) groups excluding carboxylic acids is 1. The number of rotatable bonds is 3. The van der Waals surface area contributed by atoms with Crippen LogP contribution in [-0.4, -0.2) is 35.0 Å². The number of benzene rings is 1. The summed E-state index contributed by atoms with van der Waals surface area (Å²) in [4.78, 5) is 18.1. The highest BCUT2D eigenvalue weighted by molar-refractivity contribution is 5.86. The first kappa shape index (κ1) is 14.8. The molecule has 1 fully saturated rings. The zero-order valence-electron chi connectivity index (χ0n) is 13.7. The molecule has 1 atom stereocenters. The van der Waals surface area contributed by atoms with E-state index in [-0.39, 0.29) is 18.6 Å². The van der Waals surface area contributed by atoms with E-state index in [2.05, 4.69) is 30.1 Å². The second-order valence-electron chi connectivity index (χ2n) is 6.79. The summed E-state index contributed by atoms with van der Waals surface area (Å²) in [5, 5.41) is 1.30. The molecule has 4 heteroatoms. The van der Waals surface area contributed by atoms with Crippen LogP contribution >= 0.6 is 0 Å². The Bertz CT molecular complexity index is 715. The summed E-state index contributed by atoms with van der Waals surface area (Å²) in [6.07, 6.45) is 5.89. The number of nitrogens with one attached hydrogen (secondary N) is 1. The summed E-state index contributed by atoms with van der Waals surface area (Å²) in [7, 11) is 0. The first-order chi connectivity index (χ1) is 11.2. The van der Waals surface area contributed by atoms with Crippen LogP contribution < -0.4 is 0 Å². The van der Waals surface area contributed by atoms with Crippen molar-refractivity contribution in [1.82, 2.24) is 9.88 Å². The molecule has 1 aromatic heterocycles. The molecule has 0 spiro atoms. The molecule has 4 rings (SSSR count). The highest BCUT2D eigenvalue weighted by atomic mass is 16.5. The van der Waals surface area contributed by atoms with Crippen molar-refractivity contribution in [2.24, 2.45) is 0 Å². The first-order valence-electron chi connectivity index (χ1n) is 8.74. The van der Waals surface area contributed by atoms with E-state index in [9.17, 15) is 4.79 Å². The van der Waals surface area contributed by atoms with Crippen LogP contribution in [0.4, 0.5) is 0 Å². The van der Waals surface area contributed by atoms with Crippen molar-refractivity contribution in [3.8, 4) is 0 Å². The van der Waals surface area contributed by atoms with Gasteiger partial charge in [0.25, 0.3) is 0 Å². The first-order valence-corrected chi connectivity index (χ1v) is 8.74. The average molecular weight is 312 g/mol. The number of aromatic nitrogens is 1. The summed E-state index contributed by atoms with van der Waals surface area (Å²) < 4.78 is 5.81. The Kier molecular flexibility index (Phi) is 3.85. The van der Waals surface area contributed by atoms with E-state index >= 15 is 0 Å². The third-order valence-electron chi connectivity index (χ3n) is 5.40. The molecule has 0 radical (unpaired) electrons. The molecule has 1 aliphatic heterocycles. The van der Waals surface area contributed by atoms with Crippen molar-refractivity contribution in [3.63, 3.8) is 0 Å². The second-order valence-corrected chi connectivity index (χ2v) is 6.79. The quantitative estimate of drug-likeness (QED) is 0.941. The SMILES string of the molecule is CC1c2[nH]c3ccccc3c2CCN1C(=O)COC1CCCC1. The highest BCUT2D eigenvalue weighted by Gasteiger charge is 2.30. The van der Waals surface area contributed by atoms with Gasteiger partial charge in [0.15, 0.2) is 0 Å². The second kappa shape index (κ2) is 6.00. The predicted octanol–water partition coefficient (Wildman–Crippen LogP) is 3.57. The summed E-state index contributed by atoms with van der Waals surface area (Å²) in [6.45, 7) is 3.12. The van der Waals surface area contributed by atoms with Crippen LogP contribution in [0.5, 0.6) is 0 Å². The van der Waals surface area contributed by atoms with Crippen molar-refractivity contribution < 1.29 is 9.53 Å². The molecule has 1 unspecified atom stereocenters. The van der Waals surface area contributed by atoms with Gasteiger partial charge in [-0.05, 0) is 37.8 Å². The minimum atomic E-state index is 0.0887. The van der Waals surface area contributed by atoms with E-state index in [1.807, 2.05) is 11.0 Å². The number of nitrogens with zero attached hydrogens (tertiary/aromatic N) is 1. The van der Waals surface area contributed by atoms with Gasteiger partial charge in [0, 0.05) is 23.1 Å². The minimum absolute atomic E-state index is 0.0887. The Morgan fingerprint density at radius 2 is 2.09 bits per heavy atom. The van der Waals surface area contributed by atoms with Crippen molar-refractivity contribution in [2.45, 2.75) is 51.2 Å². The fraction of sp³-hybridized carbons (Fsp3) is 0.526. The molecule has 2 heterocycles. The van der Waals surface area contributed by atoms with E-state index in [4.69, 9.17) is 4.74 Å². The molecule has 122 valence electrons. The highest BCUT2D eigenvalue weighted by Crippen LogP contribution is 2.34. The van der Waals surface area contributed by atoms with Crippen LogP contribution in [0.2, 0.25) is 0 Å². The van der Waals surface area contributed by atoms with Crippen molar-refractivity contribution >= 4 is 16.8 Å². The van der Waals surface area contributed by atoms with Crippen molar-refractivity contribution in [3.05, 3.63) is 35.5 Å². The number of fused-ring (bicyclic) bond motifs is 3. The molecular formula is C19H24N2O2. The third-order valence-corrected chi connectivity index (χ3v) is 5.40. The van der Waals surface area contributed by atoms with E-state index < -0.39 is 0 Å². The standard InChI is InChI=1S/C19H24N2O2/c1-13-19-16(15-8-4-5-9-17(15)20-19)10-11-21(13)18(22)12-23-14-6-2-3-7-14/h4-5,8-9,13-14,20H,2-3,6-7,10-12H2,1H3. The van der Waals surface area contributed by atoms with E-state index in [0.29, 0.717) is 6.10 Å². The summed E-state index contributed by atoms with van der Waals surface area (Å²) in [6, 6.07) is 8.49. The third kappa shape index (κ3) is 2.65. The lowest BCUT2D eigenvalue weighted by atomic mass is 9.98. The molecule has 4 nitrogen and oxygen atoms in total. The Morgan fingerprint density at radius 1 is 1.30 bits per heavy atom. The lowest BCUT2D eigenvalue weighted by Gasteiger charge is -2.33. The van der Waals surface area contributed by atoms with Gasteiger partial charge in [-0.2, -0.15) is 0 Å². The molecular weight excluding hydrogens is 288 g/mol. The van der Waals surface area contributed by atoms with Gasteiger partial charge in [0.2, 0.25) is 5.91 Å². The van der Waals surface area contributed by atoms with Crippen LogP contribution in [0.25, 0.3) is 10.9 Å². The maximum atomic E-state index is 12.6. The van der Waals surface area contributed by atoms with Crippen molar-refractivity contribution in [2.75, 3.05) is 13.2 Å². The number of hydrogen-bond donors (Lipinski definition) is 1. The van der Waals surface area contributed by atoms with E-state index in [0.717, 1.165) is 25.8 Å². The molecule has 1 N–H and O–H groups in total. The summed E-state index contributed by atoms with van der Waals surface area (Å²) in [5.74, 6) is 0.119. The van der Waals surface area contributed by atoms with Gasteiger partial charge in [-0.15, -0.1) is 0 Å². The smallest absolute Gasteiger partial charge is 0.249 e. The van der Waals surface area contributed by atoms with Gasteiger partial charge in [-0.25, -0.2) is 0 Å². The van der Waals surface area contributed by atoms with Gasteiger partial charge < -0.3 is 14.6 Å². The molecule has 0 bridgehead atoms. The molecule has 1 aliphatic carbocycles. The number of hydrogen-bond acceptors (Lipinski definition) is 2. The summed E-state index contributed by atoms with van der Waals surface area (Å²) >= 11 is 0. The number of ether oxygens (including phenoxy) is 1. The fourth-order valence-electron chi connectivity index (χ4n) is 4.10. The lowest BCUT2D eigenvalue weighted by Crippen LogP contribution is -2.41. The van der Waals surface area contributed by atoms with E-state index in [1.165, 1.54) is 35.0 Å². The fourth-order valence-corrected chi connectivity index (χ4v) is 4.10. The minimum Gasteiger partial charge on any atom is -0.368 e. The van der Waals surface area contributed by atoms with Crippen LogP contribution in [0.1, 0.15) is 49.9 Å². The predicted molar refractivity (Wildman–Crippen MR) is 90.3 cm³/mol. The van der Waals surface area contributed by atoms with Gasteiger partial charge >= 0.3 is 0 Å². The molecule has 1 amide bonds. The van der Waals surface area contributed by atoms with Crippen LogP contribution in [0.3, 0.4) is 0 Å². The van der Waals surface area contributed by atoms with Crippen LogP contribution in [0, 0.1) is 0 Å². The Labute approximate surface area is 136 Å². The Hall–Kier alpha value is -1.81. The largest absolute Gasteiger partial charge is 0.368 e. The molecule has 2 aromatic rings. The molecule has 1 aromatic carbocycles. The maximum Gasteiger partial charge on any atom is 0.249 e. The molecule has 2 aliphatic rings. The zero-order chi connectivity index (χ0) is 15.8. The zero-order valence-corrected chi connectivity index (χ0v) is 13.7. The molecule has 23 heavy (non-hydrogen) atoms. The monoisotopic (exact) mass is 312 g/mol. The van der Waals surface area contributed by atoms with Crippen LogP contribution in [0.15, 0.2) is 24.3 Å². The van der Waals surface area contributed by atoms with Crippen molar-refractivity contribution in [1.29, 1.82) is 0 Å². The Morgan fingerprint density at radius 3 is 2.91 bits per heavy atom. The normalized spacial score (nSPS) is 21.8. The number of aromatic amines is 1. The number of carbonyl (C=O) groups is 1. The lowest BCUT2D eigenvalue weighted by molar-refractivity contribution is -0.140. The van der Waals surface area contributed by atoms with Gasteiger partial charge in [-0.3, -0.25) is 4.79 Å². The maximum absolute atomic E-state index is 12.6. The Balaban J connectivity index is 1.50. The average Bonchev–Trinajstić information content (AvgIpc) is 3.21. The molecule has 0 saturated heterocycles. The van der Waals surface area contributed by atoms with E-state index in [1.54, 1.807) is 0 Å². The van der Waals surface area contributed by atoms with Crippen LogP contribution in [-0.2, 0) is 16.0 Å². The van der Waals surface area contributed by atoms with Gasteiger partial charge in [-0.1, -0.05) is 31.0 Å². The van der Waals surface area contributed by atoms with Gasteiger partial charge in [0.1, 0.15) is 6.61 Å². The number of para-hydroxylation sites is 1. The molecule has 1 saturated carbocycles.